The minimum absolute atomic E-state index is 0.0664. The van der Waals surface area contributed by atoms with E-state index in [1.807, 2.05) is 0 Å². The van der Waals surface area contributed by atoms with E-state index in [1.165, 1.54) is 96.6 Å². The predicted molar refractivity (Wildman–Crippen MR) is 115 cm³/mol. The van der Waals surface area contributed by atoms with Crippen molar-refractivity contribution in [3.8, 4) is 0 Å². The van der Waals surface area contributed by atoms with Crippen molar-refractivity contribution in [1.29, 1.82) is 0 Å². The number of likely N-dealkylation sites (tertiary alicyclic amines) is 1. The van der Waals surface area contributed by atoms with Gasteiger partial charge in [0.15, 0.2) is 0 Å². The molecule has 3 aliphatic rings. The molecule has 0 bridgehead atoms. The Morgan fingerprint density at radius 1 is 0.654 bits per heavy atom. The molecule has 144 valence electrons. The number of hydrogen-bond acceptors (Lipinski definition) is 1. The molecule has 2 aliphatic carbocycles. The van der Waals surface area contributed by atoms with Gasteiger partial charge in [-0.15, -0.1) is 0 Å². The first-order valence-corrected chi connectivity index (χ1v) is 13.0. The second-order valence-corrected chi connectivity index (χ2v) is 11.8. The van der Waals surface area contributed by atoms with Crippen LogP contribution in [0.25, 0.3) is 0 Å². The Hall–Kier alpha value is -0.390. The Kier molecular flexibility index (Phi) is 7.07. The van der Waals surface area contributed by atoms with E-state index in [4.69, 9.17) is 0 Å². The summed E-state index contributed by atoms with van der Waals surface area (Å²) in [5, 5.41) is 0. The van der Waals surface area contributed by atoms with Gasteiger partial charge < -0.3 is 0 Å². The summed E-state index contributed by atoms with van der Waals surface area (Å²) in [6.07, 6.45) is 19.4. The van der Waals surface area contributed by atoms with Gasteiger partial charge in [-0.3, -0.25) is 4.90 Å². The third-order valence-corrected chi connectivity index (χ3v) is 11.0. The van der Waals surface area contributed by atoms with Crippen molar-refractivity contribution < 1.29 is 0 Å². The minimum Gasteiger partial charge on any atom is -0.292 e. The van der Waals surface area contributed by atoms with Gasteiger partial charge in [-0.05, 0) is 68.5 Å². The molecule has 2 heteroatoms. The number of benzene rings is 1. The molecular formula is C24H38NP. The molecule has 1 nitrogen and oxygen atoms in total. The molecule has 1 unspecified atom stereocenters. The van der Waals surface area contributed by atoms with Gasteiger partial charge in [-0.2, -0.15) is 0 Å². The summed E-state index contributed by atoms with van der Waals surface area (Å²) in [6.45, 7) is 2.69. The maximum Gasteiger partial charge on any atom is 0.0551 e. The van der Waals surface area contributed by atoms with Crippen molar-refractivity contribution >= 4 is 7.92 Å². The average Bonchev–Trinajstić information content (AvgIpc) is 2.74. The highest BCUT2D eigenvalue weighted by molar-refractivity contribution is 7.59. The molecule has 0 N–H and O–H groups in total. The van der Waals surface area contributed by atoms with Gasteiger partial charge in [-0.1, -0.05) is 83.2 Å². The quantitative estimate of drug-likeness (QED) is 0.490. The van der Waals surface area contributed by atoms with Gasteiger partial charge in [0.2, 0.25) is 0 Å². The lowest BCUT2D eigenvalue weighted by molar-refractivity contribution is 0.208. The van der Waals surface area contributed by atoms with Gasteiger partial charge in [-0.25, -0.2) is 0 Å². The molecule has 1 heterocycles. The Balaban J connectivity index is 1.66. The number of piperidine rings is 1. The highest BCUT2D eigenvalue weighted by Gasteiger charge is 2.39. The summed E-state index contributed by atoms with van der Waals surface area (Å²) < 4.78 is 0. The third kappa shape index (κ3) is 4.53. The molecule has 26 heavy (non-hydrogen) atoms. The van der Waals surface area contributed by atoms with Gasteiger partial charge in [0, 0.05) is 0 Å². The van der Waals surface area contributed by atoms with Crippen molar-refractivity contribution in [2.75, 3.05) is 13.1 Å². The molecule has 0 amide bonds. The first-order chi connectivity index (χ1) is 12.9. The summed E-state index contributed by atoms with van der Waals surface area (Å²) >= 11 is 0. The molecule has 3 fully saturated rings. The van der Waals surface area contributed by atoms with Crippen LogP contribution < -0.4 is 0 Å². The second-order valence-electron chi connectivity index (χ2n) is 8.91. The number of rotatable bonds is 5. The molecule has 0 aromatic heterocycles. The average molecular weight is 372 g/mol. The van der Waals surface area contributed by atoms with Crippen LogP contribution in [0.1, 0.15) is 94.8 Å². The van der Waals surface area contributed by atoms with Gasteiger partial charge in [0.05, 0.1) is 5.78 Å². The van der Waals surface area contributed by atoms with E-state index < -0.39 is 0 Å². The van der Waals surface area contributed by atoms with E-state index in [0.29, 0.717) is 0 Å². The summed E-state index contributed by atoms with van der Waals surface area (Å²) in [5.74, 6) is 0.748. The fourth-order valence-electron chi connectivity index (χ4n) is 5.82. The lowest BCUT2D eigenvalue weighted by atomic mass is 9.99. The van der Waals surface area contributed by atoms with Crippen molar-refractivity contribution in [3.05, 3.63) is 35.9 Å². The van der Waals surface area contributed by atoms with Gasteiger partial charge in [0.25, 0.3) is 0 Å². The Bertz CT molecular complexity index is 494. The van der Waals surface area contributed by atoms with E-state index in [9.17, 15) is 0 Å². The number of nitrogens with zero attached hydrogens (tertiary/aromatic N) is 1. The molecule has 4 rings (SSSR count). The van der Waals surface area contributed by atoms with E-state index in [2.05, 4.69) is 35.2 Å². The van der Waals surface area contributed by atoms with Crippen molar-refractivity contribution in [2.24, 2.45) is 0 Å². The highest BCUT2D eigenvalue weighted by Crippen LogP contribution is 2.65. The smallest absolute Gasteiger partial charge is 0.0551 e. The molecule has 1 atom stereocenters. The Morgan fingerprint density at radius 2 is 1.15 bits per heavy atom. The summed E-state index contributed by atoms with van der Waals surface area (Å²) in [7, 11) is 0.0664. The van der Waals surface area contributed by atoms with Crippen LogP contribution in [0.3, 0.4) is 0 Å². The fraction of sp³-hybridized carbons (Fsp3) is 0.750. The third-order valence-electron chi connectivity index (χ3n) is 7.11. The van der Waals surface area contributed by atoms with Crippen LogP contribution in [0.5, 0.6) is 0 Å². The standard InChI is InChI=1S/C24H38NP/c1-5-13-21(14-6-1)24(25-19-11-4-12-20-25)26(22-15-7-2-8-16-22)23-17-9-3-10-18-23/h1,5-6,13-14,22-24H,2-4,7-12,15-20H2. The second kappa shape index (κ2) is 9.70. The molecule has 1 saturated heterocycles. The first-order valence-electron chi connectivity index (χ1n) is 11.5. The van der Waals surface area contributed by atoms with E-state index in [-0.39, 0.29) is 7.92 Å². The normalized spacial score (nSPS) is 25.4. The lowest BCUT2D eigenvalue weighted by Crippen LogP contribution is -2.37. The molecule has 0 radical (unpaired) electrons. The van der Waals surface area contributed by atoms with Crippen LogP contribution in [0, 0.1) is 0 Å². The monoisotopic (exact) mass is 371 g/mol. The van der Waals surface area contributed by atoms with Crippen LogP contribution in [-0.4, -0.2) is 29.3 Å². The molecule has 1 aliphatic heterocycles. The highest BCUT2D eigenvalue weighted by atomic mass is 31.1. The zero-order valence-electron chi connectivity index (χ0n) is 16.6. The van der Waals surface area contributed by atoms with Crippen LogP contribution >= 0.6 is 7.92 Å². The molecule has 2 saturated carbocycles. The van der Waals surface area contributed by atoms with Crippen LogP contribution in [0.4, 0.5) is 0 Å². The van der Waals surface area contributed by atoms with Gasteiger partial charge in [0.1, 0.15) is 0 Å². The first kappa shape index (κ1) is 18.9. The maximum absolute atomic E-state index is 2.94. The molecule has 1 aromatic carbocycles. The van der Waals surface area contributed by atoms with Crippen molar-refractivity contribution in [1.82, 2.24) is 4.90 Å². The lowest BCUT2D eigenvalue weighted by Gasteiger charge is -2.48. The van der Waals surface area contributed by atoms with E-state index >= 15 is 0 Å². The van der Waals surface area contributed by atoms with Crippen LogP contribution in [0.15, 0.2) is 30.3 Å². The Morgan fingerprint density at radius 3 is 1.69 bits per heavy atom. The fourth-order valence-corrected chi connectivity index (χ4v) is 10.3. The molecule has 0 spiro atoms. The van der Waals surface area contributed by atoms with Gasteiger partial charge >= 0.3 is 0 Å². The minimum atomic E-state index is 0.0664. The zero-order chi connectivity index (χ0) is 17.6. The largest absolute Gasteiger partial charge is 0.292 e. The topological polar surface area (TPSA) is 3.24 Å². The summed E-state index contributed by atoms with van der Waals surface area (Å²) in [4.78, 5) is 2.94. The zero-order valence-corrected chi connectivity index (χ0v) is 17.5. The summed E-state index contributed by atoms with van der Waals surface area (Å²) in [6, 6.07) is 11.7. The number of hydrogen-bond donors (Lipinski definition) is 0. The predicted octanol–water partition coefficient (Wildman–Crippen LogP) is 7.32. The maximum atomic E-state index is 2.94. The van der Waals surface area contributed by atoms with Crippen LogP contribution in [0.2, 0.25) is 0 Å². The van der Waals surface area contributed by atoms with E-state index in [0.717, 1.165) is 17.1 Å². The van der Waals surface area contributed by atoms with Crippen LogP contribution in [-0.2, 0) is 0 Å². The summed E-state index contributed by atoms with van der Waals surface area (Å²) in [5.41, 5.74) is 3.72. The SMILES string of the molecule is c1ccc(C(N2CCCCC2)P(C2CCCCC2)C2CCCCC2)cc1. The van der Waals surface area contributed by atoms with E-state index in [1.54, 1.807) is 5.56 Å². The Labute approximate surface area is 162 Å². The molecular weight excluding hydrogens is 333 g/mol. The van der Waals surface area contributed by atoms with Crippen molar-refractivity contribution in [3.63, 3.8) is 0 Å². The molecule has 1 aromatic rings. The van der Waals surface area contributed by atoms with Crippen molar-refractivity contribution in [2.45, 2.75) is 101 Å².